The summed E-state index contributed by atoms with van der Waals surface area (Å²) in [7, 11) is 0. The zero-order chi connectivity index (χ0) is 15.6. The molecule has 0 heterocycles. The molecule has 0 saturated carbocycles. The van der Waals surface area contributed by atoms with E-state index >= 15 is 0 Å². The number of nitrogens with one attached hydrogen (secondary N) is 1. The number of aliphatic hydroxyl groups is 1. The molecule has 110 valence electrons. The molecule has 0 aliphatic heterocycles. The van der Waals surface area contributed by atoms with Crippen molar-refractivity contribution in [3.8, 4) is 0 Å². The van der Waals surface area contributed by atoms with Gasteiger partial charge in [0.05, 0.1) is 6.10 Å². The topological polar surface area (TPSA) is 49.3 Å². The minimum atomic E-state index is -0.515. The molecule has 1 atom stereocenters. The molecule has 2 N–H and O–H groups in total. The summed E-state index contributed by atoms with van der Waals surface area (Å²) in [6, 6.07) is 10.7. The SMILES string of the molecule is Cc1c(Br)cc(C(=O)Nc2ccc([C@H](C)O)cc2)cc1Br. The molecule has 0 aliphatic rings. The van der Waals surface area contributed by atoms with E-state index in [2.05, 4.69) is 37.2 Å². The summed E-state index contributed by atoms with van der Waals surface area (Å²) in [6.07, 6.45) is -0.515. The molecule has 0 unspecified atom stereocenters. The Bertz CT molecular complexity index is 643. The standard InChI is InChI=1S/C16H15Br2NO2/c1-9-14(17)7-12(8-15(9)18)16(21)19-13-5-3-11(4-6-13)10(2)20/h3-8,10,20H,1-2H3,(H,19,21)/t10-/m0/s1. The van der Waals surface area contributed by atoms with Gasteiger partial charge < -0.3 is 10.4 Å². The molecular formula is C16H15Br2NO2. The Balaban J connectivity index is 2.18. The summed E-state index contributed by atoms with van der Waals surface area (Å²) in [5.41, 5.74) is 3.12. The number of hydrogen-bond donors (Lipinski definition) is 2. The van der Waals surface area contributed by atoms with Crippen LogP contribution in [0.25, 0.3) is 0 Å². The summed E-state index contributed by atoms with van der Waals surface area (Å²) in [4.78, 5) is 12.2. The van der Waals surface area contributed by atoms with Crippen LogP contribution in [-0.4, -0.2) is 11.0 Å². The van der Waals surface area contributed by atoms with Crippen LogP contribution >= 0.6 is 31.9 Å². The summed E-state index contributed by atoms with van der Waals surface area (Å²) < 4.78 is 1.76. The van der Waals surface area contributed by atoms with E-state index in [4.69, 9.17) is 0 Å². The van der Waals surface area contributed by atoms with E-state index in [0.717, 1.165) is 20.1 Å². The fourth-order valence-corrected chi connectivity index (χ4v) is 3.01. The third kappa shape index (κ3) is 3.93. The van der Waals surface area contributed by atoms with Crippen LogP contribution < -0.4 is 5.32 Å². The monoisotopic (exact) mass is 411 g/mol. The zero-order valence-corrected chi connectivity index (χ0v) is 14.8. The molecule has 3 nitrogen and oxygen atoms in total. The second kappa shape index (κ2) is 6.73. The van der Waals surface area contributed by atoms with Crippen molar-refractivity contribution in [2.75, 3.05) is 5.32 Å². The predicted molar refractivity (Wildman–Crippen MR) is 91.6 cm³/mol. The number of carbonyl (C=O) groups excluding carboxylic acids is 1. The van der Waals surface area contributed by atoms with Crippen LogP contribution in [0.3, 0.4) is 0 Å². The van der Waals surface area contributed by atoms with Gasteiger partial charge in [-0.2, -0.15) is 0 Å². The average molecular weight is 413 g/mol. The van der Waals surface area contributed by atoms with Gasteiger partial charge in [-0.15, -0.1) is 0 Å². The molecule has 0 fully saturated rings. The Morgan fingerprint density at radius 3 is 2.14 bits per heavy atom. The largest absolute Gasteiger partial charge is 0.389 e. The molecule has 1 amide bonds. The maximum atomic E-state index is 12.2. The van der Waals surface area contributed by atoms with Gasteiger partial charge >= 0.3 is 0 Å². The molecule has 0 spiro atoms. The summed E-state index contributed by atoms with van der Waals surface area (Å²) in [6.45, 7) is 3.67. The van der Waals surface area contributed by atoms with E-state index in [9.17, 15) is 9.90 Å². The minimum Gasteiger partial charge on any atom is -0.389 e. The van der Waals surface area contributed by atoms with Crippen molar-refractivity contribution in [2.24, 2.45) is 0 Å². The molecule has 2 rings (SSSR count). The normalized spacial score (nSPS) is 12.0. The summed E-state index contributed by atoms with van der Waals surface area (Å²) >= 11 is 6.88. The van der Waals surface area contributed by atoms with Crippen molar-refractivity contribution >= 4 is 43.5 Å². The fourth-order valence-electron chi connectivity index (χ4n) is 1.82. The Morgan fingerprint density at radius 1 is 1.14 bits per heavy atom. The minimum absolute atomic E-state index is 0.179. The van der Waals surface area contributed by atoms with Crippen molar-refractivity contribution in [1.82, 2.24) is 0 Å². The van der Waals surface area contributed by atoms with Crippen molar-refractivity contribution in [1.29, 1.82) is 0 Å². The molecule has 0 bridgehead atoms. The van der Waals surface area contributed by atoms with Crippen LogP contribution in [0.2, 0.25) is 0 Å². The van der Waals surface area contributed by atoms with Gasteiger partial charge in [0.2, 0.25) is 0 Å². The average Bonchev–Trinajstić information content (AvgIpc) is 2.44. The lowest BCUT2D eigenvalue weighted by Gasteiger charge is -2.10. The first-order valence-corrected chi connectivity index (χ1v) is 8.02. The Morgan fingerprint density at radius 2 is 1.67 bits per heavy atom. The molecular weight excluding hydrogens is 398 g/mol. The van der Waals surface area contributed by atoms with Crippen LogP contribution in [0.15, 0.2) is 45.3 Å². The van der Waals surface area contributed by atoms with Gasteiger partial charge in [0.15, 0.2) is 0 Å². The van der Waals surface area contributed by atoms with Crippen molar-refractivity contribution < 1.29 is 9.90 Å². The number of carbonyl (C=O) groups is 1. The second-order valence-electron chi connectivity index (χ2n) is 4.82. The van der Waals surface area contributed by atoms with E-state index < -0.39 is 6.10 Å². The lowest BCUT2D eigenvalue weighted by atomic mass is 10.1. The van der Waals surface area contributed by atoms with Gasteiger partial charge in [0.1, 0.15) is 0 Å². The van der Waals surface area contributed by atoms with Gasteiger partial charge in [-0.05, 0) is 49.2 Å². The van der Waals surface area contributed by atoms with E-state index in [0.29, 0.717) is 11.3 Å². The highest BCUT2D eigenvalue weighted by Crippen LogP contribution is 2.27. The van der Waals surface area contributed by atoms with Crippen LogP contribution in [0.1, 0.15) is 34.5 Å². The molecule has 2 aromatic carbocycles. The number of benzene rings is 2. The van der Waals surface area contributed by atoms with Gasteiger partial charge in [-0.1, -0.05) is 44.0 Å². The van der Waals surface area contributed by atoms with Crippen LogP contribution in [0.5, 0.6) is 0 Å². The highest BCUT2D eigenvalue weighted by atomic mass is 79.9. The lowest BCUT2D eigenvalue weighted by Crippen LogP contribution is -2.12. The first-order chi connectivity index (χ1) is 9.88. The fraction of sp³-hybridized carbons (Fsp3) is 0.188. The van der Waals surface area contributed by atoms with E-state index in [1.807, 2.05) is 6.92 Å². The van der Waals surface area contributed by atoms with Gasteiger partial charge in [0, 0.05) is 20.2 Å². The van der Waals surface area contributed by atoms with Crippen molar-refractivity contribution in [3.63, 3.8) is 0 Å². The molecule has 0 aromatic heterocycles. The quantitative estimate of drug-likeness (QED) is 0.758. The number of halogens is 2. The first kappa shape index (κ1) is 16.2. The maximum absolute atomic E-state index is 12.2. The van der Waals surface area contributed by atoms with E-state index in [1.54, 1.807) is 43.3 Å². The summed E-state index contributed by atoms with van der Waals surface area (Å²) in [5, 5.41) is 12.3. The molecule has 5 heteroatoms. The second-order valence-corrected chi connectivity index (χ2v) is 6.53. The van der Waals surface area contributed by atoms with Crippen LogP contribution in [0, 0.1) is 6.92 Å². The van der Waals surface area contributed by atoms with Gasteiger partial charge in [-0.25, -0.2) is 0 Å². The third-order valence-electron chi connectivity index (χ3n) is 3.19. The zero-order valence-electron chi connectivity index (χ0n) is 11.7. The van der Waals surface area contributed by atoms with E-state index in [-0.39, 0.29) is 5.91 Å². The molecule has 2 aromatic rings. The number of hydrogen-bond acceptors (Lipinski definition) is 2. The van der Waals surface area contributed by atoms with Gasteiger partial charge in [0.25, 0.3) is 5.91 Å². The lowest BCUT2D eigenvalue weighted by molar-refractivity contribution is 0.102. The van der Waals surface area contributed by atoms with Crippen LogP contribution in [0.4, 0.5) is 5.69 Å². The number of anilines is 1. The number of amides is 1. The van der Waals surface area contributed by atoms with Crippen LogP contribution in [-0.2, 0) is 0 Å². The molecule has 21 heavy (non-hydrogen) atoms. The molecule has 0 radical (unpaired) electrons. The van der Waals surface area contributed by atoms with E-state index in [1.165, 1.54) is 0 Å². The molecule has 0 saturated heterocycles. The maximum Gasteiger partial charge on any atom is 0.255 e. The number of rotatable bonds is 3. The summed E-state index contributed by atoms with van der Waals surface area (Å²) in [5.74, 6) is -0.179. The van der Waals surface area contributed by atoms with Gasteiger partial charge in [-0.3, -0.25) is 4.79 Å². The smallest absolute Gasteiger partial charge is 0.255 e. The highest BCUT2D eigenvalue weighted by Gasteiger charge is 2.11. The Labute approximate surface area is 140 Å². The molecule has 0 aliphatic carbocycles. The Kier molecular flexibility index (Phi) is 5.19. The number of aliphatic hydroxyl groups excluding tert-OH is 1. The highest BCUT2D eigenvalue weighted by molar-refractivity contribution is 9.11. The Hall–Kier alpha value is -1.17. The first-order valence-electron chi connectivity index (χ1n) is 6.43. The third-order valence-corrected chi connectivity index (χ3v) is 4.84. The van der Waals surface area contributed by atoms with Crippen molar-refractivity contribution in [2.45, 2.75) is 20.0 Å². The van der Waals surface area contributed by atoms with Crippen molar-refractivity contribution in [3.05, 3.63) is 62.0 Å². The predicted octanol–water partition coefficient (Wildman–Crippen LogP) is 4.83.